The first-order chi connectivity index (χ1) is 8.66. The third-order valence-corrected chi connectivity index (χ3v) is 4.33. The molecule has 3 heteroatoms. The predicted octanol–water partition coefficient (Wildman–Crippen LogP) is 2.02. The van der Waals surface area contributed by atoms with Crippen molar-refractivity contribution in [3.05, 3.63) is 0 Å². The summed E-state index contributed by atoms with van der Waals surface area (Å²) in [7, 11) is 0. The lowest BCUT2D eigenvalue weighted by molar-refractivity contribution is -0.127. The van der Waals surface area contributed by atoms with Gasteiger partial charge in [-0.05, 0) is 51.9 Å². The standard InChI is InChI=1S/C15H28N2O/c1-13(2)15(18)14(11-16-7-3-4-8-16)12-17-9-5-6-10-17/h13-14H,3-12H2,1-2H3. The number of hydrogen-bond acceptors (Lipinski definition) is 3. The van der Waals surface area contributed by atoms with Crippen LogP contribution >= 0.6 is 0 Å². The Morgan fingerprint density at radius 2 is 1.28 bits per heavy atom. The molecule has 2 aliphatic rings. The van der Waals surface area contributed by atoms with Gasteiger partial charge in [0.2, 0.25) is 0 Å². The molecule has 0 N–H and O–H groups in total. The number of carbonyl (C=O) groups excluding carboxylic acids is 1. The fourth-order valence-corrected chi connectivity index (χ4v) is 3.26. The third-order valence-electron chi connectivity index (χ3n) is 4.33. The van der Waals surface area contributed by atoms with E-state index in [1.807, 2.05) is 13.8 Å². The van der Waals surface area contributed by atoms with Gasteiger partial charge in [0.15, 0.2) is 0 Å². The molecule has 0 unspecified atom stereocenters. The van der Waals surface area contributed by atoms with Crippen molar-refractivity contribution in [3.63, 3.8) is 0 Å². The largest absolute Gasteiger partial charge is 0.303 e. The van der Waals surface area contributed by atoms with Crippen molar-refractivity contribution in [1.29, 1.82) is 0 Å². The van der Waals surface area contributed by atoms with Crippen LogP contribution in [0.2, 0.25) is 0 Å². The van der Waals surface area contributed by atoms with Gasteiger partial charge in [-0.15, -0.1) is 0 Å². The molecule has 2 heterocycles. The van der Waals surface area contributed by atoms with Crippen molar-refractivity contribution in [2.45, 2.75) is 39.5 Å². The molecule has 0 aliphatic carbocycles. The fraction of sp³-hybridized carbons (Fsp3) is 0.933. The minimum Gasteiger partial charge on any atom is -0.303 e. The summed E-state index contributed by atoms with van der Waals surface area (Å²) in [6, 6.07) is 0. The second-order valence-electron chi connectivity index (χ2n) is 6.27. The van der Waals surface area contributed by atoms with Gasteiger partial charge in [0.25, 0.3) is 0 Å². The minimum atomic E-state index is 0.181. The molecular weight excluding hydrogens is 224 g/mol. The fourth-order valence-electron chi connectivity index (χ4n) is 3.26. The molecular formula is C15H28N2O. The highest BCUT2D eigenvalue weighted by molar-refractivity contribution is 5.83. The molecule has 0 aromatic carbocycles. The van der Waals surface area contributed by atoms with Crippen LogP contribution in [0.4, 0.5) is 0 Å². The van der Waals surface area contributed by atoms with Gasteiger partial charge < -0.3 is 9.80 Å². The molecule has 3 nitrogen and oxygen atoms in total. The van der Waals surface area contributed by atoms with E-state index in [1.165, 1.54) is 51.9 Å². The van der Waals surface area contributed by atoms with E-state index in [9.17, 15) is 4.79 Å². The quantitative estimate of drug-likeness (QED) is 0.722. The van der Waals surface area contributed by atoms with Crippen LogP contribution in [0.1, 0.15) is 39.5 Å². The highest BCUT2D eigenvalue weighted by Gasteiger charge is 2.27. The average Bonchev–Trinajstić information content (AvgIpc) is 2.99. The Labute approximate surface area is 112 Å². The van der Waals surface area contributed by atoms with Crippen molar-refractivity contribution >= 4 is 5.78 Å². The SMILES string of the molecule is CC(C)C(=O)C(CN1CCCC1)CN1CCCC1. The molecule has 2 saturated heterocycles. The molecule has 0 spiro atoms. The Hall–Kier alpha value is -0.410. The molecule has 18 heavy (non-hydrogen) atoms. The number of carbonyl (C=O) groups is 1. The zero-order valence-electron chi connectivity index (χ0n) is 12.0. The maximum absolute atomic E-state index is 12.4. The number of nitrogens with zero attached hydrogens (tertiary/aromatic N) is 2. The van der Waals surface area contributed by atoms with Gasteiger partial charge in [-0.2, -0.15) is 0 Å². The Balaban J connectivity index is 1.90. The first kappa shape index (κ1) is 14.0. The lowest BCUT2D eigenvalue weighted by Gasteiger charge is -2.27. The van der Waals surface area contributed by atoms with Crippen molar-refractivity contribution < 1.29 is 4.79 Å². The Morgan fingerprint density at radius 3 is 1.61 bits per heavy atom. The molecule has 2 rings (SSSR count). The minimum absolute atomic E-state index is 0.181. The van der Waals surface area contributed by atoms with Crippen molar-refractivity contribution in [2.24, 2.45) is 11.8 Å². The summed E-state index contributed by atoms with van der Waals surface area (Å²) in [5.74, 6) is 0.884. The smallest absolute Gasteiger partial charge is 0.141 e. The number of Topliss-reactive ketones (excluding diaryl/α,β-unsaturated/α-hetero) is 1. The van der Waals surface area contributed by atoms with E-state index in [0.29, 0.717) is 5.78 Å². The van der Waals surface area contributed by atoms with Crippen molar-refractivity contribution in [2.75, 3.05) is 39.3 Å². The molecule has 0 radical (unpaired) electrons. The number of likely N-dealkylation sites (tertiary alicyclic amines) is 2. The van der Waals surface area contributed by atoms with Crippen LogP contribution in [-0.2, 0) is 4.79 Å². The number of rotatable bonds is 6. The van der Waals surface area contributed by atoms with Gasteiger partial charge >= 0.3 is 0 Å². The number of hydrogen-bond donors (Lipinski definition) is 0. The molecule has 0 amide bonds. The van der Waals surface area contributed by atoms with Crippen LogP contribution in [0, 0.1) is 11.8 Å². The van der Waals surface area contributed by atoms with Gasteiger partial charge in [0, 0.05) is 24.9 Å². The third kappa shape index (κ3) is 3.79. The zero-order valence-corrected chi connectivity index (χ0v) is 12.0. The van der Waals surface area contributed by atoms with Crippen LogP contribution in [0.3, 0.4) is 0 Å². The lowest BCUT2D eigenvalue weighted by Crippen LogP contribution is -2.40. The van der Waals surface area contributed by atoms with Gasteiger partial charge in [0.1, 0.15) is 5.78 Å². The average molecular weight is 252 g/mol. The van der Waals surface area contributed by atoms with E-state index >= 15 is 0 Å². The number of ketones is 1. The van der Waals surface area contributed by atoms with E-state index in [2.05, 4.69) is 9.80 Å². The zero-order chi connectivity index (χ0) is 13.0. The summed E-state index contributed by atoms with van der Waals surface area (Å²) in [6.45, 7) is 10.9. The van der Waals surface area contributed by atoms with E-state index < -0.39 is 0 Å². The molecule has 0 saturated carbocycles. The van der Waals surface area contributed by atoms with Crippen LogP contribution in [0.25, 0.3) is 0 Å². The van der Waals surface area contributed by atoms with Crippen molar-refractivity contribution in [1.82, 2.24) is 9.80 Å². The maximum Gasteiger partial charge on any atom is 0.141 e. The Kier molecular flexibility index (Phi) is 5.19. The van der Waals surface area contributed by atoms with E-state index in [4.69, 9.17) is 0 Å². The molecule has 2 aliphatic heterocycles. The van der Waals surface area contributed by atoms with Crippen LogP contribution in [0.15, 0.2) is 0 Å². The normalized spacial score (nSPS) is 22.4. The second-order valence-corrected chi connectivity index (χ2v) is 6.27. The summed E-state index contributed by atoms with van der Waals surface area (Å²) < 4.78 is 0. The predicted molar refractivity (Wildman–Crippen MR) is 74.7 cm³/mol. The summed E-state index contributed by atoms with van der Waals surface area (Å²) in [5.41, 5.74) is 0. The summed E-state index contributed by atoms with van der Waals surface area (Å²) in [6.07, 6.45) is 5.25. The highest BCUT2D eigenvalue weighted by atomic mass is 16.1. The monoisotopic (exact) mass is 252 g/mol. The first-order valence-corrected chi connectivity index (χ1v) is 7.65. The maximum atomic E-state index is 12.4. The van der Waals surface area contributed by atoms with E-state index in [-0.39, 0.29) is 11.8 Å². The van der Waals surface area contributed by atoms with Gasteiger partial charge in [-0.1, -0.05) is 13.8 Å². The summed E-state index contributed by atoms with van der Waals surface area (Å²) in [4.78, 5) is 17.3. The first-order valence-electron chi connectivity index (χ1n) is 7.65. The molecule has 2 fully saturated rings. The molecule has 0 aromatic rings. The van der Waals surface area contributed by atoms with Crippen LogP contribution in [0.5, 0.6) is 0 Å². The molecule has 0 atom stereocenters. The van der Waals surface area contributed by atoms with Gasteiger partial charge in [-0.3, -0.25) is 4.79 Å². The topological polar surface area (TPSA) is 23.6 Å². The van der Waals surface area contributed by atoms with E-state index in [0.717, 1.165) is 13.1 Å². The highest BCUT2D eigenvalue weighted by Crippen LogP contribution is 2.17. The van der Waals surface area contributed by atoms with Crippen LogP contribution in [-0.4, -0.2) is 54.9 Å². The van der Waals surface area contributed by atoms with Gasteiger partial charge in [-0.25, -0.2) is 0 Å². The lowest BCUT2D eigenvalue weighted by atomic mass is 9.94. The van der Waals surface area contributed by atoms with E-state index in [1.54, 1.807) is 0 Å². The molecule has 0 bridgehead atoms. The Bertz CT molecular complexity index is 248. The second kappa shape index (κ2) is 6.67. The molecule has 0 aromatic heterocycles. The molecule has 104 valence electrons. The van der Waals surface area contributed by atoms with Crippen LogP contribution < -0.4 is 0 Å². The summed E-state index contributed by atoms with van der Waals surface area (Å²) >= 11 is 0. The Morgan fingerprint density at radius 1 is 0.889 bits per heavy atom. The van der Waals surface area contributed by atoms with Gasteiger partial charge in [0.05, 0.1) is 0 Å². The summed E-state index contributed by atoms with van der Waals surface area (Å²) in [5, 5.41) is 0. The van der Waals surface area contributed by atoms with Crippen molar-refractivity contribution in [3.8, 4) is 0 Å².